The van der Waals surface area contributed by atoms with E-state index in [2.05, 4.69) is 10.3 Å². The van der Waals surface area contributed by atoms with Crippen molar-refractivity contribution in [1.29, 1.82) is 0 Å². The van der Waals surface area contributed by atoms with Gasteiger partial charge in [-0.2, -0.15) is 13.2 Å². The monoisotopic (exact) mass is 299 g/mol. The highest BCUT2D eigenvalue weighted by Crippen LogP contribution is 2.30. The Labute approximate surface area is 115 Å². The topological polar surface area (TPSA) is 85.1 Å². The van der Waals surface area contributed by atoms with E-state index < -0.39 is 23.5 Å². The number of aromatic carboxylic acids is 1. The van der Waals surface area contributed by atoms with Crippen molar-refractivity contribution >= 4 is 12.3 Å². The fraction of sp³-hybridized carbons (Fsp3) is 0.167. The van der Waals surface area contributed by atoms with Gasteiger partial charge in [0.1, 0.15) is 0 Å². The molecule has 6 nitrogen and oxygen atoms in total. The van der Waals surface area contributed by atoms with Gasteiger partial charge in [0.2, 0.25) is 0 Å². The Hall–Kier alpha value is -2.71. The number of carboxylic acids is 1. The smallest absolute Gasteiger partial charge is 0.435 e. The van der Waals surface area contributed by atoms with E-state index in [0.29, 0.717) is 10.2 Å². The number of alkyl halides is 3. The molecule has 0 aliphatic rings. The molecule has 1 aromatic heterocycles. The first-order chi connectivity index (χ1) is 9.82. The lowest BCUT2D eigenvalue weighted by Crippen LogP contribution is -2.17. The molecule has 2 aromatic rings. The van der Waals surface area contributed by atoms with Crippen LogP contribution in [0.2, 0.25) is 0 Å². The van der Waals surface area contributed by atoms with Gasteiger partial charge in [0.15, 0.2) is 17.7 Å². The number of benzene rings is 1. The number of halogens is 3. The van der Waals surface area contributed by atoms with Crippen LogP contribution in [0.1, 0.15) is 32.1 Å². The van der Waals surface area contributed by atoms with Crippen LogP contribution in [-0.2, 0) is 12.7 Å². The molecule has 1 aromatic carbocycles. The molecule has 0 saturated heterocycles. The molecule has 0 spiro atoms. The average Bonchev–Trinajstić information content (AvgIpc) is 2.82. The Bertz CT molecular complexity index is 677. The second-order valence-corrected chi connectivity index (χ2v) is 4.10. The van der Waals surface area contributed by atoms with Crippen LogP contribution in [0.4, 0.5) is 13.2 Å². The fourth-order valence-corrected chi connectivity index (χ4v) is 1.73. The minimum atomic E-state index is -4.76. The van der Waals surface area contributed by atoms with E-state index in [1.807, 2.05) is 0 Å². The molecule has 0 saturated carbocycles. The summed E-state index contributed by atoms with van der Waals surface area (Å²) in [7, 11) is 0. The molecule has 0 unspecified atom stereocenters. The summed E-state index contributed by atoms with van der Waals surface area (Å²) >= 11 is 0. The summed E-state index contributed by atoms with van der Waals surface area (Å²) in [5.41, 5.74) is -1.61. The van der Waals surface area contributed by atoms with Crippen LogP contribution in [0.5, 0.6) is 0 Å². The second-order valence-electron chi connectivity index (χ2n) is 4.10. The van der Waals surface area contributed by atoms with Crippen molar-refractivity contribution in [3.8, 4) is 0 Å². The van der Waals surface area contributed by atoms with Crippen molar-refractivity contribution in [1.82, 2.24) is 15.0 Å². The Morgan fingerprint density at radius 2 is 1.90 bits per heavy atom. The van der Waals surface area contributed by atoms with Gasteiger partial charge in [0, 0.05) is 0 Å². The molecule has 1 N–H and O–H groups in total. The SMILES string of the molecule is O=Cc1nnn(Cc2ccc(C(=O)O)cc2)c1C(F)(F)F. The van der Waals surface area contributed by atoms with E-state index in [4.69, 9.17) is 5.11 Å². The third kappa shape index (κ3) is 3.07. The van der Waals surface area contributed by atoms with Crippen LogP contribution >= 0.6 is 0 Å². The summed E-state index contributed by atoms with van der Waals surface area (Å²) < 4.78 is 39.1. The molecule has 0 radical (unpaired) electrons. The number of aromatic nitrogens is 3. The molecule has 0 aliphatic carbocycles. The first kappa shape index (κ1) is 14.7. The van der Waals surface area contributed by atoms with Crippen molar-refractivity contribution in [2.24, 2.45) is 0 Å². The third-order valence-corrected chi connectivity index (χ3v) is 2.67. The van der Waals surface area contributed by atoms with Crippen LogP contribution in [0, 0.1) is 0 Å². The van der Waals surface area contributed by atoms with Crippen molar-refractivity contribution in [3.63, 3.8) is 0 Å². The highest BCUT2D eigenvalue weighted by Gasteiger charge is 2.39. The third-order valence-electron chi connectivity index (χ3n) is 2.67. The molecule has 2 rings (SSSR count). The molecule has 0 bridgehead atoms. The number of hydrogen-bond acceptors (Lipinski definition) is 4. The minimum absolute atomic E-state index is 0.0140. The van der Waals surface area contributed by atoms with Gasteiger partial charge in [-0.25, -0.2) is 9.48 Å². The number of aldehydes is 1. The Morgan fingerprint density at radius 1 is 1.29 bits per heavy atom. The second kappa shape index (κ2) is 5.35. The normalized spacial score (nSPS) is 11.4. The minimum Gasteiger partial charge on any atom is -0.478 e. The zero-order chi connectivity index (χ0) is 15.6. The van der Waals surface area contributed by atoms with Gasteiger partial charge in [0.05, 0.1) is 12.1 Å². The summed E-state index contributed by atoms with van der Waals surface area (Å²) in [5.74, 6) is -1.14. The Balaban J connectivity index is 2.33. The lowest BCUT2D eigenvalue weighted by molar-refractivity contribution is -0.144. The molecule has 9 heteroatoms. The predicted octanol–water partition coefficient (Wildman–Crippen LogP) is 1.86. The summed E-state index contributed by atoms with van der Waals surface area (Å²) in [5, 5.41) is 15.2. The van der Waals surface area contributed by atoms with Gasteiger partial charge >= 0.3 is 12.1 Å². The van der Waals surface area contributed by atoms with Gasteiger partial charge in [0.25, 0.3) is 0 Å². The van der Waals surface area contributed by atoms with E-state index in [9.17, 15) is 22.8 Å². The number of rotatable bonds is 4. The van der Waals surface area contributed by atoms with Crippen molar-refractivity contribution in [2.45, 2.75) is 12.7 Å². The average molecular weight is 299 g/mol. The zero-order valence-electron chi connectivity index (χ0n) is 10.3. The van der Waals surface area contributed by atoms with Gasteiger partial charge in [-0.05, 0) is 17.7 Å². The molecule has 1 heterocycles. The Kier molecular flexibility index (Phi) is 3.74. The van der Waals surface area contributed by atoms with E-state index in [1.165, 1.54) is 24.3 Å². The van der Waals surface area contributed by atoms with E-state index in [-0.39, 0.29) is 18.4 Å². The van der Waals surface area contributed by atoms with E-state index in [1.54, 1.807) is 0 Å². The van der Waals surface area contributed by atoms with Gasteiger partial charge in [-0.3, -0.25) is 4.79 Å². The lowest BCUT2D eigenvalue weighted by atomic mass is 10.1. The number of carboxylic acid groups (broad SMARTS) is 1. The van der Waals surface area contributed by atoms with Gasteiger partial charge in [-0.1, -0.05) is 17.3 Å². The summed E-state index contributed by atoms with van der Waals surface area (Å²) in [6.45, 7) is -0.282. The predicted molar refractivity (Wildman–Crippen MR) is 62.9 cm³/mol. The first-order valence-corrected chi connectivity index (χ1v) is 5.61. The lowest BCUT2D eigenvalue weighted by Gasteiger charge is -2.10. The molecule has 0 fully saturated rings. The van der Waals surface area contributed by atoms with Crippen molar-refractivity contribution < 1.29 is 27.9 Å². The van der Waals surface area contributed by atoms with Gasteiger partial charge < -0.3 is 5.11 Å². The van der Waals surface area contributed by atoms with Crippen molar-refractivity contribution in [2.75, 3.05) is 0 Å². The summed E-state index contributed by atoms with van der Waals surface area (Å²) in [4.78, 5) is 21.3. The quantitative estimate of drug-likeness (QED) is 0.871. The fourth-order valence-electron chi connectivity index (χ4n) is 1.73. The van der Waals surface area contributed by atoms with E-state index in [0.717, 1.165) is 0 Å². The van der Waals surface area contributed by atoms with Crippen LogP contribution in [-0.4, -0.2) is 32.4 Å². The van der Waals surface area contributed by atoms with E-state index >= 15 is 0 Å². The van der Waals surface area contributed by atoms with Gasteiger partial charge in [-0.15, -0.1) is 5.10 Å². The highest BCUT2D eigenvalue weighted by atomic mass is 19.4. The Morgan fingerprint density at radius 3 is 2.38 bits per heavy atom. The van der Waals surface area contributed by atoms with Crippen LogP contribution in [0.3, 0.4) is 0 Å². The molecular formula is C12H8F3N3O3. The highest BCUT2D eigenvalue weighted by molar-refractivity contribution is 5.87. The molecule has 0 atom stereocenters. The molecule has 110 valence electrons. The summed E-state index contributed by atoms with van der Waals surface area (Å²) in [6, 6.07) is 5.27. The zero-order valence-corrected chi connectivity index (χ0v) is 10.3. The number of nitrogens with zero attached hydrogens (tertiary/aromatic N) is 3. The maximum Gasteiger partial charge on any atom is 0.435 e. The first-order valence-electron chi connectivity index (χ1n) is 5.61. The van der Waals surface area contributed by atoms with Crippen molar-refractivity contribution in [3.05, 3.63) is 46.8 Å². The summed E-state index contributed by atoms with van der Waals surface area (Å²) in [6.07, 6.45) is -4.78. The number of carbonyl (C=O) groups excluding carboxylic acids is 1. The number of hydrogen-bond donors (Lipinski definition) is 1. The maximum atomic E-state index is 12.9. The van der Waals surface area contributed by atoms with Crippen LogP contribution in [0.15, 0.2) is 24.3 Å². The van der Waals surface area contributed by atoms with Crippen LogP contribution in [0.25, 0.3) is 0 Å². The van der Waals surface area contributed by atoms with Crippen LogP contribution < -0.4 is 0 Å². The molecule has 21 heavy (non-hydrogen) atoms. The number of carbonyl (C=O) groups is 2. The molecule has 0 aliphatic heterocycles. The maximum absolute atomic E-state index is 12.9. The molecule has 0 amide bonds. The largest absolute Gasteiger partial charge is 0.478 e. The standard InChI is InChI=1S/C12H8F3N3O3/c13-12(14,15)10-9(6-19)16-17-18(10)5-7-1-3-8(4-2-7)11(20)21/h1-4,6H,5H2,(H,20,21). The molecular weight excluding hydrogens is 291 g/mol.